The van der Waals surface area contributed by atoms with E-state index in [9.17, 15) is 5.26 Å². The summed E-state index contributed by atoms with van der Waals surface area (Å²) in [6.45, 7) is 5.08. The van der Waals surface area contributed by atoms with Crippen LogP contribution in [0.1, 0.15) is 43.7 Å². The van der Waals surface area contributed by atoms with Crippen molar-refractivity contribution in [3.05, 3.63) is 102 Å². The average Bonchev–Trinajstić information content (AvgIpc) is 2.93. The maximum atomic E-state index is 10.0. The zero-order valence-electron chi connectivity index (χ0n) is 20.3. The molecule has 0 saturated carbocycles. The zero-order valence-corrected chi connectivity index (χ0v) is 21.1. The first-order valence-electron chi connectivity index (χ1n) is 12.1. The van der Waals surface area contributed by atoms with Crippen LogP contribution in [0.2, 0.25) is 0 Å². The second-order valence-corrected chi connectivity index (χ2v) is 9.59. The molecule has 4 heteroatoms. The van der Waals surface area contributed by atoms with Crippen molar-refractivity contribution in [2.45, 2.75) is 37.6 Å². The van der Waals surface area contributed by atoms with Gasteiger partial charge < -0.3 is 4.74 Å². The lowest BCUT2D eigenvalue weighted by atomic mass is 9.99. The van der Waals surface area contributed by atoms with Gasteiger partial charge in [0.15, 0.2) is 0 Å². The predicted molar refractivity (Wildman–Crippen MR) is 146 cm³/mol. The number of hydrogen-bond acceptors (Lipinski definition) is 4. The van der Waals surface area contributed by atoms with Crippen LogP contribution in [0, 0.1) is 11.3 Å². The van der Waals surface area contributed by atoms with Gasteiger partial charge in [-0.15, -0.1) is 11.8 Å². The summed E-state index contributed by atoms with van der Waals surface area (Å²) in [5.41, 5.74) is 5.83. The topological polar surface area (TPSA) is 45.9 Å². The quantitative estimate of drug-likeness (QED) is 0.170. The molecule has 1 aromatic heterocycles. The fourth-order valence-corrected chi connectivity index (χ4v) is 4.80. The number of thioether (sulfide) groups is 1. The molecule has 0 N–H and O–H groups in total. The Kier molecular flexibility index (Phi) is 8.59. The van der Waals surface area contributed by atoms with Crippen LogP contribution in [-0.2, 0) is 0 Å². The molecule has 0 aliphatic rings. The van der Waals surface area contributed by atoms with Crippen LogP contribution in [0.4, 0.5) is 0 Å². The summed E-state index contributed by atoms with van der Waals surface area (Å²) < 4.78 is 5.96. The number of rotatable bonds is 10. The zero-order chi connectivity index (χ0) is 24.5. The van der Waals surface area contributed by atoms with Gasteiger partial charge in [-0.05, 0) is 48.1 Å². The van der Waals surface area contributed by atoms with Gasteiger partial charge in [0.1, 0.15) is 16.8 Å². The number of nitriles is 1. The first-order chi connectivity index (χ1) is 17.2. The molecule has 1 atom stereocenters. The van der Waals surface area contributed by atoms with E-state index in [2.05, 4.69) is 56.3 Å². The minimum absolute atomic E-state index is 0.565. The molecule has 0 radical (unpaired) electrons. The van der Waals surface area contributed by atoms with E-state index in [1.54, 1.807) is 11.8 Å². The molecule has 1 unspecified atom stereocenters. The van der Waals surface area contributed by atoms with Gasteiger partial charge in [-0.3, -0.25) is 0 Å². The van der Waals surface area contributed by atoms with E-state index < -0.39 is 0 Å². The molecule has 3 nitrogen and oxygen atoms in total. The molecule has 4 rings (SSSR count). The Hall–Kier alpha value is -3.55. The minimum Gasteiger partial charge on any atom is -0.494 e. The highest BCUT2D eigenvalue weighted by Gasteiger charge is 2.15. The van der Waals surface area contributed by atoms with Crippen LogP contribution in [-0.4, -0.2) is 17.3 Å². The number of pyridine rings is 1. The van der Waals surface area contributed by atoms with Crippen LogP contribution >= 0.6 is 11.8 Å². The van der Waals surface area contributed by atoms with E-state index in [4.69, 9.17) is 9.72 Å². The van der Waals surface area contributed by atoms with E-state index in [1.807, 2.05) is 54.6 Å². The van der Waals surface area contributed by atoms with Gasteiger partial charge in [-0.1, -0.05) is 86.6 Å². The Morgan fingerprint density at radius 2 is 1.57 bits per heavy atom. The van der Waals surface area contributed by atoms with Crippen LogP contribution < -0.4 is 4.74 Å². The maximum absolute atomic E-state index is 10.0. The van der Waals surface area contributed by atoms with Gasteiger partial charge in [0.25, 0.3) is 0 Å². The van der Waals surface area contributed by atoms with Crippen LogP contribution in [0.25, 0.3) is 22.4 Å². The van der Waals surface area contributed by atoms with Crippen molar-refractivity contribution in [2.75, 3.05) is 12.4 Å². The maximum Gasteiger partial charge on any atom is 0.119 e. The van der Waals surface area contributed by atoms with E-state index in [1.165, 1.54) is 5.56 Å². The third kappa shape index (κ3) is 6.32. The fourth-order valence-electron chi connectivity index (χ4n) is 3.88. The Morgan fingerprint density at radius 1 is 0.914 bits per heavy atom. The molecule has 3 aromatic carbocycles. The lowest BCUT2D eigenvalue weighted by Gasteiger charge is -2.13. The molecule has 0 fully saturated rings. The highest BCUT2D eigenvalue weighted by atomic mass is 32.2. The van der Waals surface area contributed by atoms with Crippen molar-refractivity contribution in [1.29, 1.82) is 5.26 Å². The van der Waals surface area contributed by atoms with E-state index in [0.717, 1.165) is 51.8 Å². The standard InChI is InChI=1S/C31H30N2OS/c1-3-23(2)24-15-17-27(18-16-24)34-19-10-20-35-31-29(22-32)28(25-11-6-4-7-12-25)21-30(33-31)26-13-8-5-9-14-26/h4-9,11-18,21,23H,3,10,19-20H2,1-2H3. The molecule has 0 bridgehead atoms. The predicted octanol–water partition coefficient (Wildman–Crippen LogP) is 8.36. The van der Waals surface area contributed by atoms with Crippen LogP contribution in [0.15, 0.2) is 96.0 Å². The molecule has 0 amide bonds. The third-order valence-electron chi connectivity index (χ3n) is 6.11. The summed E-state index contributed by atoms with van der Waals surface area (Å²) in [6.07, 6.45) is 1.99. The van der Waals surface area contributed by atoms with Crippen molar-refractivity contribution < 1.29 is 4.74 Å². The molecule has 0 saturated heterocycles. The monoisotopic (exact) mass is 478 g/mol. The SMILES string of the molecule is CCC(C)c1ccc(OCCCSc2nc(-c3ccccc3)cc(-c3ccccc3)c2C#N)cc1. The van der Waals surface area contributed by atoms with Crippen molar-refractivity contribution in [3.8, 4) is 34.2 Å². The van der Waals surface area contributed by atoms with Gasteiger partial charge >= 0.3 is 0 Å². The van der Waals surface area contributed by atoms with Crippen molar-refractivity contribution in [2.24, 2.45) is 0 Å². The molecule has 1 heterocycles. The normalized spacial score (nSPS) is 11.6. The van der Waals surface area contributed by atoms with Gasteiger partial charge in [-0.25, -0.2) is 4.98 Å². The lowest BCUT2D eigenvalue weighted by Crippen LogP contribution is -2.01. The van der Waals surface area contributed by atoms with Gasteiger partial charge in [0.05, 0.1) is 17.9 Å². The van der Waals surface area contributed by atoms with Gasteiger partial charge in [0.2, 0.25) is 0 Å². The number of benzene rings is 3. The highest BCUT2D eigenvalue weighted by molar-refractivity contribution is 7.99. The molecule has 176 valence electrons. The molecule has 0 spiro atoms. The summed E-state index contributed by atoms with van der Waals surface area (Å²) in [7, 11) is 0. The highest BCUT2D eigenvalue weighted by Crippen LogP contribution is 2.34. The summed E-state index contributed by atoms with van der Waals surface area (Å²) in [6, 6.07) is 33.1. The van der Waals surface area contributed by atoms with E-state index in [-0.39, 0.29) is 0 Å². The number of hydrogen-bond donors (Lipinski definition) is 0. The number of ether oxygens (including phenoxy) is 1. The van der Waals surface area contributed by atoms with E-state index >= 15 is 0 Å². The summed E-state index contributed by atoms with van der Waals surface area (Å²) in [4.78, 5) is 4.89. The molecule has 4 aromatic rings. The summed E-state index contributed by atoms with van der Waals surface area (Å²) in [5, 5.41) is 10.8. The van der Waals surface area contributed by atoms with E-state index in [0.29, 0.717) is 18.1 Å². The van der Waals surface area contributed by atoms with Crippen molar-refractivity contribution in [3.63, 3.8) is 0 Å². The molecule has 0 aliphatic heterocycles. The second-order valence-electron chi connectivity index (χ2n) is 8.51. The smallest absolute Gasteiger partial charge is 0.119 e. The molecule has 35 heavy (non-hydrogen) atoms. The molecule has 0 aliphatic carbocycles. The Bertz CT molecular complexity index is 1270. The molecular formula is C31H30N2OS. The summed E-state index contributed by atoms with van der Waals surface area (Å²) in [5.74, 6) is 2.28. The van der Waals surface area contributed by atoms with Gasteiger partial charge in [0, 0.05) is 16.9 Å². The van der Waals surface area contributed by atoms with Crippen LogP contribution in [0.3, 0.4) is 0 Å². The van der Waals surface area contributed by atoms with Crippen molar-refractivity contribution >= 4 is 11.8 Å². The Morgan fingerprint density at radius 3 is 2.20 bits per heavy atom. The van der Waals surface area contributed by atoms with Gasteiger partial charge in [-0.2, -0.15) is 5.26 Å². The number of aromatic nitrogens is 1. The third-order valence-corrected chi connectivity index (χ3v) is 7.17. The summed E-state index contributed by atoms with van der Waals surface area (Å²) >= 11 is 1.62. The molecular weight excluding hydrogens is 448 g/mol. The first-order valence-corrected chi connectivity index (χ1v) is 13.1. The number of nitrogens with zero attached hydrogens (tertiary/aromatic N) is 2. The second kappa shape index (κ2) is 12.2. The largest absolute Gasteiger partial charge is 0.494 e. The van der Waals surface area contributed by atoms with Crippen molar-refractivity contribution in [1.82, 2.24) is 4.98 Å². The fraction of sp³-hybridized carbons (Fsp3) is 0.226. The lowest BCUT2D eigenvalue weighted by molar-refractivity contribution is 0.318. The Labute approximate surface area is 212 Å². The average molecular weight is 479 g/mol. The first kappa shape index (κ1) is 24.6. The minimum atomic E-state index is 0.565. The van der Waals surface area contributed by atoms with Crippen LogP contribution in [0.5, 0.6) is 5.75 Å². The Balaban J connectivity index is 1.47.